The van der Waals surface area contributed by atoms with Crippen molar-refractivity contribution in [1.82, 2.24) is 15.3 Å². The van der Waals surface area contributed by atoms with Gasteiger partial charge in [-0.2, -0.15) is 0 Å². The molecular weight excluding hydrogens is 222 g/mol. The molecule has 2 unspecified atom stereocenters. The number of carbonyl (C=O) groups is 2. The van der Waals surface area contributed by atoms with Crippen LogP contribution in [0.2, 0.25) is 0 Å². The first kappa shape index (κ1) is 13.2. The number of carboxylic acids is 1. The van der Waals surface area contributed by atoms with E-state index in [2.05, 4.69) is 15.3 Å². The second-order valence-electron chi connectivity index (χ2n) is 4.27. The molecule has 6 nitrogen and oxygen atoms in total. The Morgan fingerprint density at radius 1 is 1.41 bits per heavy atom. The average molecular weight is 239 g/mol. The highest BCUT2D eigenvalue weighted by Gasteiger charge is 2.29. The first-order valence-corrected chi connectivity index (χ1v) is 5.45. The van der Waals surface area contributed by atoms with Gasteiger partial charge in [0, 0.05) is 23.7 Å². The average Bonchev–Trinajstić information content (AvgIpc) is 2.77. The summed E-state index contributed by atoms with van der Waals surface area (Å²) in [6.45, 7) is 5.16. The topological polar surface area (TPSA) is 95.1 Å². The minimum atomic E-state index is -1.05. The van der Waals surface area contributed by atoms with E-state index in [1.165, 1.54) is 6.33 Å². The van der Waals surface area contributed by atoms with Gasteiger partial charge in [-0.15, -0.1) is 0 Å². The van der Waals surface area contributed by atoms with E-state index in [0.717, 1.165) is 0 Å². The number of hydrogen-bond acceptors (Lipinski definition) is 3. The van der Waals surface area contributed by atoms with Crippen LogP contribution in [0.4, 0.5) is 0 Å². The second kappa shape index (κ2) is 5.47. The highest BCUT2D eigenvalue weighted by atomic mass is 16.4. The minimum Gasteiger partial charge on any atom is -0.480 e. The number of nitrogens with one attached hydrogen (secondary N) is 2. The van der Waals surface area contributed by atoms with Gasteiger partial charge in [0.2, 0.25) is 5.91 Å². The maximum atomic E-state index is 11.5. The third-order valence-corrected chi connectivity index (χ3v) is 2.60. The fourth-order valence-corrected chi connectivity index (χ4v) is 1.42. The lowest BCUT2D eigenvalue weighted by molar-refractivity contribution is -0.142. The lowest BCUT2D eigenvalue weighted by Crippen LogP contribution is -2.45. The first-order valence-electron chi connectivity index (χ1n) is 5.45. The fourth-order valence-electron chi connectivity index (χ4n) is 1.42. The Balaban J connectivity index is 2.80. The smallest absolute Gasteiger partial charge is 0.326 e. The Labute approximate surface area is 99.4 Å². The SMILES string of the molecule is CC(C)C(=O)NC(C(=O)O)C(C)c1cnc[nH]1. The Morgan fingerprint density at radius 2 is 2.06 bits per heavy atom. The predicted octanol–water partition coefficient (Wildman–Crippen LogP) is 0.739. The zero-order valence-electron chi connectivity index (χ0n) is 10.1. The van der Waals surface area contributed by atoms with Crippen molar-refractivity contribution in [2.24, 2.45) is 5.92 Å². The van der Waals surface area contributed by atoms with Gasteiger partial charge >= 0.3 is 5.97 Å². The van der Waals surface area contributed by atoms with E-state index in [-0.39, 0.29) is 17.7 Å². The summed E-state index contributed by atoms with van der Waals surface area (Å²) in [6.07, 6.45) is 3.04. The molecule has 3 N–H and O–H groups in total. The van der Waals surface area contributed by atoms with Crippen LogP contribution >= 0.6 is 0 Å². The Morgan fingerprint density at radius 3 is 2.47 bits per heavy atom. The van der Waals surface area contributed by atoms with E-state index in [1.54, 1.807) is 27.0 Å². The highest BCUT2D eigenvalue weighted by molar-refractivity contribution is 5.85. The molecule has 0 spiro atoms. The zero-order valence-corrected chi connectivity index (χ0v) is 10.1. The normalized spacial score (nSPS) is 14.4. The number of carboxylic acid groups (broad SMARTS) is 1. The molecule has 0 aliphatic carbocycles. The van der Waals surface area contributed by atoms with Crippen molar-refractivity contribution in [3.05, 3.63) is 18.2 Å². The summed E-state index contributed by atoms with van der Waals surface area (Å²) in [7, 11) is 0. The molecule has 1 amide bonds. The lowest BCUT2D eigenvalue weighted by Gasteiger charge is -2.21. The number of carbonyl (C=O) groups excluding carboxylic acids is 1. The molecule has 1 aromatic rings. The predicted molar refractivity (Wildman–Crippen MR) is 61.4 cm³/mol. The van der Waals surface area contributed by atoms with Crippen molar-refractivity contribution >= 4 is 11.9 Å². The molecule has 0 aliphatic rings. The number of imidazole rings is 1. The first-order chi connectivity index (χ1) is 7.93. The van der Waals surface area contributed by atoms with E-state index in [9.17, 15) is 9.59 Å². The highest BCUT2D eigenvalue weighted by Crippen LogP contribution is 2.17. The number of H-pyrrole nitrogens is 1. The van der Waals surface area contributed by atoms with Gasteiger partial charge < -0.3 is 15.4 Å². The van der Waals surface area contributed by atoms with Crippen molar-refractivity contribution in [3.8, 4) is 0 Å². The number of nitrogens with zero attached hydrogens (tertiary/aromatic N) is 1. The molecule has 1 heterocycles. The van der Waals surface area contributed by atoms with Crippen LogP contribution in [0, 0.1) is 5.92 Å². The number of aliphatic carboxylic acids is 1. The molecule has 0 bridgehead atoms. The van der Waals surface area contributed by atoms with Crippen LogP contribution in [0.5, 0.6) is 0 Å². The summed E-state index contributed by atoms with van der Waals surface area (Å²) in [6, 6.07) is -0.953. The number of hydrogen-bond donors (Lipinski definition) is 3. The van der Waals surface area contributed by atoms with Crippen molar-refractivity contribution in [2.45, 2.75) is 32.7 Å². The molecule has 17 heavy (non-hydrogen) atoms. The molecule has 6 heteroatoms. The third kappa shape index (κ3) is 3.30. The van der Waals surface area contributed by atoms with Gasteiger partial charge in [-0.1, -0.05) is 20.8 Å². The van der Waals surface area contributed by atoms with Crippen LogP contribution in [0.3, 0.4) is 0 Å². The third-order valence-electron chi connectivity index (χ3n) is 2.60. The zero-order chi connectivity index (χ0) is 13.0. The summed E-state index contributed by atoms with van der Waals surface area (Å²) >= 11 is 0. The summed E-state index contributed by atoms with van der Waals surface area (Å²) in [5.74, 6) is -1.94. The largest absolute Gasteiger partial charge is 0.480 e. The van der Waals surface area contributed by atoms with Gasteiger partial charge in [-0.3, -0.25) is 4.79 Å². The maximum absolute atomic E-state index is 11.5. The summed E-state index contributed by atoms with van der Waals surface area (Å²) < 4.78 is 0. The van der Waals surface area contributed by atoms with E-state index >= 15 is 0 Å². The van der Waals surface area contributed by atoms with Crippen LogP contribution < -0.4 is 5.32 Å². The van der Waals surface area contributed by atoms with Crippen LogP contribution in [0.1, 0.15) is 32.4 Å². The van der Waals surface area contributed by atoms with Gasteiger partial charge in [0.05, 0.1) is 6.33 Å². The molecule has 0 saturated carbocycles. The van der Waals surface area contributed by atoms with Crippen LogP contribution in [-0.2, 0) is 9.59 Å². The Kier molecular flexibility index (Phi) is 4.25. The van der Waals surface area contributed by atoms with Crippen LogP contribution in [-0.4, -0.2) is 33.0 Å². The van der Waals surface area contributed by atoms with Crippen molar-refractivity contribution in [3.63, 3.8) is 0 Å². The van der Waals surface area contributed by atoms with E-state index in [4.69, 9.17) is 5.11 Å². The molecule has 1 aromatic heterocycles. The Bertz CT molecular complexity index is 387. The van der Waals surface area contributed by atoms with Crippen molar-refractivity contribution in [1.29, 1.82) is 0 Å². The second-order valence-corrected chi connectivity index (χ2v) is 4.27. The minimum absolute atomic E-state index is 0.245. The summed E-state index contributed by atoms with van der Waals surface area (Å²) in [5, 5.41) is 11.6. The van der Waals surface area contributed by atoms with Gasteiger partial charge in [-0.05, 0) is 0 Å². The molecule has 0 aromatic carbocycles. The van der Waals surface area contributed by atoms with Crippen LogP contribution in [0.25, 0.3) is 0 Å². The number of rotatable bonds is 5. The molecule has 94 valence electrons. The molecule has 0 aliphatic heterocycles. The van der Waals surface area contributed by atoms with Gasteiger partial charge in [0.1, 0.15) is 6.04 Å². The molecule has 2 atom stereocenters. The summed E-state index contributed by atoms with van der Waals surface area (Å²) in [4.78, 5) is 29.4. The number of aromatic amines is 1. The van der Waals surface area contributed by atoms with E-state index in [1.807, 2.05) is 0 Å². The monoisotopic (exact) mass is 239 g/mol. The number of amides is 1. The molecular formula is C11H17N3O3. The lowest BCUT2D eigenvalue weighted by atomic mass is 9.98. The number of aromatic nitrogens is 2. The standard InChI is InChI=1S/C11H17N3O3/c1-6(2)10(15)14-9(11(16)17)7(3)8-4-12-5-13-8/h4-7,9H,1-3H3,(H,12,13)(H,14,15)(H,16,17). The molecule has 1 rings (SSSR count). The maximum Gasteiger partial charge on any atom is 0.326 e. The summed E-state index contributed by atoms with van der Waals surface area (Å²) in [5.41, 5.74) is 0.682. The molecule has 0 fully saturated rings. The van der Waals surface area contributed by atoms with Crippen molar-refractivity contribution in [2.75, 3.05) is 0 Å². The van der Waals surface area contributed by atoms with E-state index in [0.29, 0.717) is 5.69 Å². The van der Waals surface area contributed by atoms with E-state index < -0.39 is 12.0 Å². The Hall–Kier alpha value is -1.85. The quantitative estimate of drug-likeness (QED) is 0.706. The van der Waals surface area contributed by atoms with Crippen LogP contribution in [0.15, 0.2) is 12.5 Å². The molecule has 0 saturated heterocycles. The van der Waals surface area contributed by atoms with Gasteiger partial charge in [0.15, 0.2) is 0 Å². The van der Waals surface area contributed by atoms with Crippen molar-refractivity contribution < 1.29 is 14.7 Å². The molecule has 0 radical (unpaired) electrons. The van der Waals surface area contributed by atoms with Gasteiger partial charge in [0.25, 0.3) is 0 Å². The van der Waals surface area contributed by atoms with Gasteiger partial charge in [-0.25, -0.2) is 9.78 Å². The fraction of sp³-hybridized carbons (Fsp3) is 0.545.